The van der Waals surface area contributed by atoms with Crippen LogP contribution in [0.5, 0.6) is 0 Å². The zero-order valence-electron chi connectivity index (χ0n) is 21.3. The van der Waals surface area contributed by atoms with E-state index in [-0.39, 0.29) is 18.5 Å². The number of hydrogen-bond donors (Lipinski definition) is 1. The van der Waals surface area contributed by atoms with Gasteiger partial charge in [0.2, 0.25) is 21.8 Å². The fraction of sp³-hybridized carbons (Fsp3) is 0.462. The third-order valence-corrected chi connectivity index (χ3v) is 7.34. The molecule has 192 valence electrons. The lowest BCUT2D eigenvalue weighted by atomic mass is 10.1. The number of carbonyl (C=O) groups is 2. The van der Waals surface area contributed by atoms with Crippen LogP contribution in [0.4, 0.5) is 5.69 Å². The third kappa shape index (κ3) is 7.97. The Hall–Kier alpha value is -2.58. The van der Waals surface area contributed by atoms with Gasteiger partial charge in [0.15, 0.2) is 0 Å². The van der Waals surface area contributed by atoms with Gasteiger partial charge in [-0.15, -0.1) is 0 Å². The number of sulfonamides is 1. The van der Waals surface area contributed by atoms with Crippen LogP contribution in [-0.2, 0) is 26.2 Å². The number of anilines is 1. The predicted molar refractivity (Wildman–Crippen MR) is 142 cm³/mol. The van der Waals surface area contributed by atoms with Crippen molar-refractivity contribution < 1.29 is 18.0 Å². The third-order valence-electron chi connectivity index (χ3n) is 5.98. The van der Waals surface area contributed by atoms with Crippen LogP contribution in [0.3, 0.4) is 0 Å². The fourth-order valence-electron chi connectivity index (χ4n) is 3.70. The molecule has 2 aromatic carbocycles. The van der Waals surface area contributed by atoms with E-state index in [1.807, 2.05) is 52.0 Å². The molecule has 0 bridgehead atoms. The van der Waals surface area contributed by atoms with Crippen LogP contribution in [0.1, 0.15) is 50.3 Å². The zero-order valence-corrected chi connectivity index (χ0v) is 22.9. The second kappa shape index (κ2) is 12.4. The molecule has 1 N–H and O–H groups in total. The first kappa shape index (κ1) is 28.7. The van der Waals surface area contributed by atoms with Crippen LogP contribution in [0.25, 0.3) is 0 Å². The molecule has 0 spiro atoms. The van der Waals surface area contributed by atoms with Crippen molar-refractivity contribution in [3.8, 4) is 0 Å². The maximum absolute atomic E-state index is 13.7. The Morgan fingerprint density at radius 3 is 2.20 bits per heavy atom. The summed E-state index contributed by atoms with van der Waals surface area (Å²) in [6.45, 7) is 9.18. The highest BCUT2D eigenvalue weighted by Crippen LogP contribution is 2.27. The van der Waals surface area contributed by atoms with E-state index in [1.54, 1.807) is 19.1 Å². The van der Waals surface area contributed by atoms with E-state index in [1.165, 1.54) is 11.0 Å². The molecule has 2 amide bonds. The van der Waals surface area contributed by atoms with Crippen LogP contribution in [0, 0.1) is 13.8 Å². The SMILES string of the molecule is CC[C@H](C(=O)N[C@@H](C)CC)N(Cc1ccc(C)cc1)C(=O)CN(c1cc(Cl)ccc1C)S(C)(=O)=O. The Kier molecular flexibility index (Phi) is 10.2. The Labute approximate surface area is 214 Å². The molecular weight excluding hydrogens is 486 g/mol. The number of nitrogens with zero attached hydrogens (tertiary/aromatic N) is 2. The van der Waals surface area contributed by atoms with Gasteiger partial charge in [0.05, 0.1) is 11.9 Å². The van der Waals surface area contributed by atoms with E-state index >= 15 is 0 Å². The number of benzene rings is 2. The zero-order chi connectivity index (χ0) is 26.3. The van der Waals surface area contributed by atoms with Crippen molar-refractivity contribution in [1.29, 1.82) is 0 Å². The minimum Gasteiger partial charge on any atom is -0.352 e. The Morgan fingerprint density at radius 2 is 1.66 bits per heavy atom. The van der Waals surface area contributed by atoms with Gasteiger partial charge in [0.1, 0.15) is 12.6 Å². The van der Waals surface area contributed by atoms with E-state index in [4.69, 9.17) is 11.6 Å². The van der Waals surface area contributed by atoms with Gasteiger partial charge >= 0.3 is 0 Å². The second-order valence-electron chi connectivity index (χ2n) is 8.95. The smallest absolute Gasteiger partial charge is 0.244 e. The van der Waals surface area contributed by atoms with Crippen LogP contribution in [-0.4, -0.2) is 50.0 Å². The number of carbonyl (C=O) groups excluding carboxylic acids is 2. The largest absolute Gasteiger partial charge is 0.352 e. The van der Waals surface area contributed by atoms with Gasteiger partial charge in [0.25, 0.3) is 0 Å². The maximum atomic E-state index is 13.7. The van der Waals surface area contributed by atoms with Gasteiger partial charge in [0, 0.05) is 17.6 Å². The maximum Gasteiger partial charge on any atom is 0.244 e. The lowest BCUT2D eigenvalue weighted by molar-refractivity contribution is -0.140. The molecule has 9 heteroatoms. The lowest BCUT2D eigenvalue weighted by Gasteiger charge is -2.33. The quantitative estimate of drug-likeness (QED) is 0.473. The molecular formula is C26H36ClN3O4S. The van der Waals surface area contributed by atoms with Crippen molar-refractivity contribution in [3.63, 3.8) is 0 Å². The van der Waals surface area contributed by atoms with Crippen molar-refractivity contribution >= 4 is 39.1 Å². The molecule has 0 aromatic heterocycles. The van der Waals surface area contributed by atoms with E-state index in [0.29, 0.717) is 22.7 Å². The summed E-state index contributed by atoms with van der Waals surface area (Å²) in [6.07, 6.45) is 2.19. The summed E-state index contributed by atoms with van der Waals surface area (Å²) in [5.74, 6) is -0.728. The summed E-state index contributed by atoms with van der Waals surface area (Å²) in [7, 11) is -3.81. The highest BCUT2D eigenvalue weighted by atomic mass is 35.5. The van der Waals surface area contributed by atoms with Gasteiger partial charge in [-0.25, -0.2) is 8.42 Å². The van der Waals surface area contributed by atoms with E-state index in [0.717, 1.165) is 28.1 Å². The van der Waals surface area contributed by atoms with E-state index in [9.17, 15) is 18.0 Å². The number of halogens is 1. The average Bonchev–Trinajstić information content (AvgIpc) is 2.79. The Morgan fingerprint density at radius 1 is 1.03 bits per heavy atom. The normalized spacial score (nSPS) is 13.1. The molecule has 0 heterocycles. The first-order chi connectivity index (χ1) is 16.4. The molecule has 0 unspecified atom stereocenters. The first-order valence-electron chi connectivity index (χ1n) is 11.8. The first-order valence-corrected chi connectivity index (χ1v) is 14.0. The van der Waals surface area contributed by atoms with Crippen LogP contribution in [0.15, 0.2) is 42.5 Å². The number of amides is 2. The topological polar surface area (TPSA) is 86.8 Å². The molecule has 0 aliphatic rings. The van der Waals surface area contributed by atoms with E-state index in [2.05, 4.69) is 5.32 Å². The number of hydrogen-bond acceptors (Lipinski definition) is 4. The van der Waals surface area contributed by atoms with Gasteiger partial charge in [-0.3, -0.25) is 13.9 Å². The molecule has 0 saturated carbocycles. The summed E-state index contributed by atoms with van der Waals surface area (Å²) in [5.41, 5.74) is 2.93. The van der Waals surface area contributed by atoms with E-state index < -0.39 is 28.5 Å². The van der Waals surface area contributed by atoms with Crippen LogP contribution < -0.4 is 9.62 Å². The number of rotatable bonds is 11. The van der Waals surface area contributed by atoms with Crippen molar-refractivity contribution in [1.82, 2.24) is 10.2 Å². The van der Waals surface area contributed by atoms with Crippen molar-refractivity contribution in [2.75, 3.05) is 17.1 Å². The molecule has 0 radical (unpaired) electrons. The fourth-order valence-corrected chi connectivity index (χ4v) is 4.76. The summed E-state index contributed by atoms with van der Waals surface area (Å²) in [5, 5.41) is 3.32. The standard InChI is InChI=1S/C26H36ClN3O4S/c1-7-20(5)28-26(32)23(8-2)29(16-21-12-9-18(3)10-13-21)25(31)17-30(35(6,33)34)24-15-22(27)14-11-19(24)4/h9-15,20,23H,7-8,16-17H2,1-6H3,(H,28,32)/t20-,23+/m0/s1. The molecule has 0 aliphatic carbocycles. The monoisotopic (exact) mass is 521 g/mol. The molecule has 35 heavy (non-hydrogen) atoms. The Bertz CT molecular complexity index is 1140. The number of nitrogens with one attached hydrogen (secondary N) is 1. The highest BCUT2D eigenvalue weighted by molar-refractivity contribution is 7.92. The van der Waals surface area contributed by atoms with Crippen LogP contribution in [0.2, 0.25) is 5.02 Å². The molecule has 0 fully saturated rings. The molecule has 2 aromatic rings. The summed E-state index contributed by atoms with van der Waals surface area (Å²) < 4.78 is 26.5. The molecule has 7 nitrogen and oxygen atoms in total. The summed E-state index contributed by atoms with van der Waals surface area (Å²) in [4.78, 5) is 28.3. The minimum absolute atomic E-state index is 0.0468. The summed E-state index contributed by atoms with van der Waals surface area (Å²) >= 11 is 6.14. The second-order valence-corrected chi connectivity index (χ2v) is 11.3. The number of aryl methyl sites for hydroxylation is 2. The Balaban J connectivity index is 2.47. The van der Waals surface area contributed by atoms with Crippen molar-refractivity contribution in [2.45, 2.75) is 66.1 Å². The van der Waals surface area contributed by atoms with Gasteiger partial charge in [-0.1, -0.05) is 61.3 Å². The molecule has 2 atom stereocenters. The predicted octanol–water partition coefficient (Wildman–Crippen LogP) is 4.44. The summed E-state index contributed by atoms with van der Waals surface area (Å²) in [6, 6.07) is 11.8. The van der Waals surface area contributed by atoms with Crippen molar-refractivity contribution in [2.24, 2.45) is 0 Å². The van der Waals surface area contributed by atoms with Crippen LogP contribution >= 0.6 is 11.6 Å². The molecule has 0 aliphatic heterocycles. The van der Waals surface area contributed by atoms with Crippen molar-refractivity contribution in [3.05, 3.63) is 64.2 Å². The van der Waals surface area contributed by atoms with Gasteiger partial charge in [-0.2, -0.15) is 0 Å². The highest BCUT2D eigenvalue weighted by Gasteiger charge is 2.32. The average molecular weight is 522 g/mol. The van der Waals surface area contributed by atoms with Gasteiger partial charge in [-0.05, 0) is 56.9 Å². The lowest BCUT2D eigenvalue weighted by Crippen LogP contribution is -2.53. The van der Waals surface area contributed by atoms with Gasteiger partial charge < -0.3 is 10.2 Å². The minimum atomic E-state index is -3.81. The molecule has 2 rings (SSSR count). The molecule has 0 saturated heterocycles.